The Morgan fingerprint density at radius 1 is 1.08 bits per heavy atom. The van der Waals surface area contributed by atoms with Gasteiger partial charge >= 0.3 is 0 Å². The molecule has 1 amide bonds. The fraction of sp³-hybridized carbons (Fsp3) is 0.310. The minimum atomic E-state index is -2.42. The van der Waals surface area contributed by atoms with Crippen molar-refractivity contribution in [2.24, 2.45) is 17.6 Å². The number of primary amides is 1. The van der Waals surface area contributed by atoms with Crippen molar-refractivity contribution in [3.8, 4) is 16.9 Å². The van der Waals surface area contributed by atoms with Crippen LogP contribution in [0.3, 0.4) is 0 Å². The van der Waals surface area contributed by atoms with Gasteiger partial charge in [0.25, 0.3) is 5.91 Å². The van der Waals surface area contributed by atoms with Crippen LogP contribution in [-0.2, 0) is 27.2 Å². The summed E-state index contributed by atoms with van der Waals surface area (Å²) in [5.41, 5.74) is 5.61. The zero-order chi connectivity index (χ0) is 26.6. The van der Waals surface area contributed by atoms with Crippen LogP contribution in [0.15, 0.2) is 59.4 Å². The van der Waals surface area contributed by atoms with Gasteiger partial charge in [-0.1, -0.05) is 36.4 Å². The first-order valence-corrected chi connectivity index (χ1v) is 12.2. The van der Waals surface area contributed by atoms with Crippen molar-refractivity contribution in [2.45, 2.75) is 44.6 Å². The third-order valence-electron chi connectivity index (χ3n) is 7.89. The van der Waals surface area contributed by atoms with Gasteiger partial charge < -0.3 is 25.8 Å². The summed E-state index contributed by atoms with van der Waals surface area (Å²) < 4.78 is 0. The molecule has 0 fully saturated rings. The number of benzene rings is 2. The summed E-state index contributed by atoms with van der Waals surface area (Å²) in [5.74, 6) is -4.81. The second-order valence-electron chi connectivity index (χ2n) is 10.1. The van der Waals surface area contributed by atoms with Gasteiger partial charge in [0.15, 0.2) is 11.4 Å². The molecule has 3 aliphatic carbocycles. The molecule has 5 rings (SSSR count). The minimum absolute atomic E-state index is 0.0203. The van der Waals surface area contributed by atoms with Crippen LogP contribution in [0.4, 0.5) is 0 Å². The van der Waals surface area contributed by atoms with Gasteiger partial charge in [-0.2, -0.15) is 0 Å². The second-order valence-corrected chi connectivity index (χ2v) is 10.1. The Hall–Kier alpha value is -4.04. The fourth-order valence-electron chi connectivity index (χ4n) is 5.96. The summed E-state index contributed by atoms with van der Waals surface area (Å²) in [6, 6.07) is 10.8. The van der Waals surface area contributed by atoms with Crippen LogP contribution >= 0.6 is 0 Å². The number of carbonyl (C=O) groups is 4. The molecule has 2 aromatic rings. The number of ketones is 3. The number of phenols is 1. The number of aliphatic hydroxyl groups is 2. The highest BCUT2D eigenvalue weighted by molar-refractivity contribution is 6.24. The van der Waals surface area contributed by atoms with E-state index in [9.17, 15) is 34.5 Å². The van der Waals surface area contributed by atoms with E-state index in [1.54, 1.807) is 13.0 Å². The maximum absolute atomic E-state index is 13.7. The van der Waals surface area contributed by atoms with Crippen molar-refractivity contribution in [3.05, 3.63) is 76.1 Å². The maximum atomic E-state index is 13.7. The zero-order valence-electron chi connectivity index (χ0n) is 20.3. The lowest BCUT2D eigenvalue weighted by Gasteiger charge is -2.45. The molecular weight excluding hydrogens is 474 g/mol. The van der Waals surface area contributed by atoms with E-state index in [1.807, 2.05) is 24.3 Å². The molecule has 0 aromatic heterocycles. The van der Waals surface area contributed by atoms with E-state index in [-0.39, 0.29) is 35.5 Å². The predicted octanol–water partition coefficient (Wildman–Crippen LogP) is 2.88. The maximum Gasteiger partial charge on any atom is 0.252 e. The smallest absolute Gasteiger partial charge is 0.252 e. The topological polar surface area (TPSA) is 155 Å². The number of aromatic hydroxyl groups is 1. The molecule has 0 radical (unpaired) electrons. The third-order valence-corrected chi connectivity index (χ3v) is 7.89. The highest BCUT2D eigenvalue weighted by Gasteiger charge is 2.58. The Balaban J connectivity index is 1.57. The van der Waals surface area contributed by atoms with Gasteiger partial charge in [0.2, 0.25) is 5.78 Å². The molecule has 2 aromatic carbocycles. The molecule has 3 aliphatic rings. The van der Waals surface area contributed by atoms with Crippen molar-refractivity contribution in [1.82, 2.24) is 0 Å². The van der Waals surface area contributed by atoms with E-state index in [2.05, 4.69) is 0 Å². The van der Waals surface area contributed by atoms with Crippen molar-refractivity contribution >= 4 is 23.3 Å². The van der Waals surface area contributed by atoms with Crippen LogP contribution in [0.1, 0.15) is 47.7 Å². The van der Waals surface area contributed by atoms with Crippen LogP contribution in [0.5, 0.6) is 5.75 Å². The van der Waals surface area contributed by atoms with E-state index in [0.29, 0.717) is 24.8 Å². The molecule has 0 aliphatic heterocycles. The number of fused-ring (bicyclic) bond motifs is 3. The lowest BCUT2D eigenvalue weighted by Crippen LogP contribution is -2.56. The first-order valence-electron chi connectivity index (χ1n) is 12.2. The van der Waals surface area contributed by atoms with E-state index in [1.165, 1.54) is 12.1 Å². The molecule has 3 atom stereocenters. The van der Waals surface area contributed by atoms with Crippen molar-refractivity contribution in [2.75, 3.05) is 0 Å². The Morgan fingerprint density at radius 2 is 1.78 bits per heavy atom. The molecule has 0 saturated carbocycles. The van der Waals surface area contributed by atoms with Gasteiger partial charge in [-0.3, -0.25) is 14.4 Å². The van der Waals surface area contributed by atoms with E-state index >= 15 is 0 Å². The molecule has 0 bridgehead atoms. The van der Waals surface area contributed by atoms with Gasteiger partial charge in [0.1, 0.15) is 17.3 Å². The van der Waals surface area contributed by atoms with Crippen LogP contribution in [0, 0.1) is 11.8 Å². The second kappa shape index (κ2) is 8.81. The van der Waals surface area contributed by atoms with Gasteiger partial charge in [-0.15, -0.1) is 0 Å². The number of phenolic OH excluding ortho intramolecular Hbond substituents is 1. The third kappa shape index (κ3) is 3.79. The number of aryl methyl sites for hydroxylation is 1. The quantitative estimate of drug-likeness (QED) is 0.459. The molecule has 190 valence electrons. The first kappa shape index (κ1) is 24.6. The van der Waals surface area contributed by atoms with E-state index in [4.69, 9.17) is 5.73 Å². The molecule has 0 unspecified atom stereocenters. The number of amides is 1. The molecule has 8 nitrogen and oxygen atoms in total. The highest BCUT2D eigenvalue weighted by atomic mass is 16.3. The van der Waals surface area contributed by atoms with E-state index < -0.39 is 46.2 Å². The first-order chi connectivity index (χ1) is 17.5. The number of allylic oxidation sites excluding steroid dienone is 2. The summed E-state index contributed by atoms with van der Waals surface area (Å²) in [6.45, 7) is 1.55. The van der Waals surface area contributed by atoms with Gasteiger partial charge in [0, 0.05) is 17.9 Å². The SMILES string of the molecule is CC(=O)CCc1ccc(-c2ccc(O)c3c2C[C@H]2C[C@H]4CC=C(C(N)=O)C(=O)[C@@]4(O)C(O)=C2C3=O)cc1. The fourth-order valence-corrected chi connectivity index (χ4v) is 5.96. The van der Waals surface area contributed by atoms with Crippen LogP contribution in [-0.4, -0.2) is 44.2 Å². The molecular formula is C29H27NO7. The van der Waals surface area contributed by atoms with Crippen LogP contribution in [0.2, 0.25) is 0 Å². The Morgan fingerprint density at radius 3 is 2.43 bits per heavy atom. The number of hydrogen-bond donors (Lipinski definition) is 4. The molecule has 0 saturated heterocycles. The number of nitrogens with two attached hydrogens (primary N) is 1. The number of aliphatic hydroxyl groups excluding tert-OH is 1. The summed E-state index contributed by atoms with van der Waals surface area (Å²) >= 11 is 0. The Bertz CT molecular complexity index is 1430. The zero-order valence-corrected chi connectivity index (χ0v) is 20.3. The summed E-state index contributed by atoms with van der Waals surface area (Å²) in [7, 11) is 0. The Kier molecular flexibility index (Phi) is 5.87. The van der Waals surface area contributed by atoms with Crippen LogP contribution in [0.25, 0.3) is 11.1 Å². The normalized spacial score (nSPS) is 24.6. The summed E-state index contributed by atoms with van der Waals surface area (Å²) in [4.78, 5) is 49.7. The van der Waals surface area contributed by atoms with Gasteiger partial charge in [0.05, 0.1) is 11.1 Å². The van der Waals surface area contributed by atoms with Gasteiger partial charge in [-0.25, -0.2) is 0 Å². The molecule has 37 heavy (non-hydrogen) atoms. The number of Topliss-reactive ketones (excluding diaryl/α,β-unsaturated/α-hetero) is 3. The summed E-state index contributed by atoms with van der Waals surface area (Å²) in [6.07, 6.45) is 3.15. The average molecular weight is 502 g/mol. The molecule has 0 heterocycles. The lowest BCUT2D eigenvalue weighted by molar-refractivity contribution is -0.143. The van der Waals surface area contributed by atoms with Crippen molar-refractivity contribution in [3.63, 3.8) is 0 Å². The minimum Gasteiger partial charge on any atom is -0.508 e. The Labute approximate surface area is 213 Å². The number of rotatable bonds is 5. The largest absolute Gasteiger partial charge is 0.508 e. The molecule has 0 spiro atoms. The van der Waals surface area contributed by atoms with Crippen molar-refractivity contribution < 1.29 is 34.5 Å². The summed E-state index contributed by atoms with van der Waals surface area (Å²) in [5, 5.41) is 33.1. The molecule has 5 N–H and O–H groups in total. The number of carbonyl (C=O) groups excluding carboxylic acids is 4. The highest BCUT2D eigenvalue weighted by Crippen LogP contribution is 2.51. The van der Waals surface area contributed by atoms with Crippen LogP contribution < -0.4 is 5.73 Å². The number of hydrogen-bond acceptors (Lipinski definition) is 7. The van der Waals surface area contributed by atoms with Gasteiger partial charge in [-0.05, 0) is 66.8 Å². The standard InChI is InChI=1S/C29H27NO7/c1-14(31)2-3-15-4-6-16(7-5-15)19-10-11-22(32)24-21(19)13-17-12-18-8-9-20(28(30)36)26(34)29(18,37)27(35)23(17)25(24)33/h4-7,9-11,17-18,32,35,37H,2-3,8,12-13H2,1H3,(H2,30,36)/t17-,18-,29-/m1/s1. The van der Waals surface area contributed by atoms with Crippen molar-refractivity contribution in [1.29, 1.82) is 0 Å². The average Bonchev–Trinajstić information content (AvgIpc) is 2.85. The predicted molar refractivity (Wildman–Crippen MR) is 134 cm³/mol. The monoisotopic (exact) mass is 501 g/mol. The van der Waals surface area contributed by atoms with E-state index in [0.717, 1.165) is 16.7 Å². The lowest BCUT2D eigenvalue weighted by atomic mass is 9.60. The molecule has 8 heteroatoms.